The monoisotopic (exact) mass is 213 g/mol. The largest absolute Gasteiger partial charge is 0.308 e. The molecule has 3 atom stereocenters. The first-order valence-electron chi connectivity index (χ1n) is 6.63. The lowest BCUT2D eigenvalue weighted by Crippen LogP contribution is -2.52. The lowest BCUT2D eigenvalue weighted by atomic mass is 10.1. The van der Waals surface area contributed by atoms with E-state index >= 15 is 0 Å². The Kier molecular flexibility index (Phi) is 4.19. The van der Waals surface area contributed by atoms with Crippen molar-refractivity contribution in [3.8, 4) is 0 Å². The minimum Gasteiger partial charge on any atom is -0.308 e. The van der Waals surface area contributed by atoms with E-state index in [4.69, 9.17) is 0 Å². The summed E-state index contributed by atoms with van der Waals surface area (Å²) in [5.41, 5.74) is 0. The molecule has 0 radical (unpaired) electrons. The fourth-order valence-corrected chi connectivity index (χ4v) is 3.09. The zero-order valence-corrected chi connectivity index (χ0v) is 11.5. The van der Waals surface area contributed by atoms with E-state index in [9.17, 15) is 0 Å². The van der Waals surface area contributed by atoms with Gasteiger partial charge in [0.1, 0.15) is 12.7 Å². The molecule has 3 unspecified atom stereocenters. The Balaban J connectivity index is 2.83. The molecule has 0 aromatic heterocycles. The van der Waals surface area contributed by atoms with Crippen molar-refractivity contribution in [3.05, 3.63) is 0 Å². The highest BCUT2D eigenvalue weighted by molar-refractivity contribution is 4.82. The van der Waals surface area contributed by atoms with Gasteiger partial charge < -0.3 is 4.48 Å². The zero-order valence-electron chi connectivity index (χ0n) is 11.5. The molecule has 0 aromatic carbocycles. The summed E-state index contributed by atoms with van der Waals surface area (Å²) in [5.74, 6) is 0. The summed E-state index contributed by atoms with van der Waals surface area (Å²) >= 11 is 0. The van der Waals surface area contributed by atoms with Crippen molar-refractivity contribution in [2.45, 2.75) is 66.1 Å². The van der Waals surface area contributed by atoms with Gasteiger partial charge in [-0.3, -0.25) is 0 Å². The van der Waals surface area contributed by atoms with E-state index in [0.29, 0.717) is 0 Å². The predicted octanol–water partition coefficient (Wildman–Crippen LogP) is 2.69. The molecule has 2 heteroatoms. The molecule has 0 saturated carbocycles. The van der Waals surface area contributed by atoms with E-state index in [1.807, 2.05) is 0 Å². The number of nitrogens with zero attached hydrogens (tertiary/aromatic N) is 2. The molecule has 1 aliphatic rings. The van der Waals surface area contributed by atoms with Crippen LogP contribution in [0.25, 0.3) is 0 Å². The van der Waals surface area contributed by atoms with Gasteiger partial charge in [-0.1, -0.05) is 6.92 Å². The molecule has 90 valence electrons. The third kappa shape index (κ3) is 2.07. The number of rotatable bonds is 4. The van der Waals surface area contributed by atoms with Crippen LogP contribution in [0.15, 0.2) is 0 Å². The van der Waals surface area contributed by atoms with Crippen molar-refractivity contribution < 1.29 is 4.48 Å². The topological polar surface area (TPSA) is 3.24 Å². The highest BCUT2D eigenvalue weighted by Crippen LogP contribution is 2.30. The van der Waals surface area contributed by atoms with Gasteiger partial charge in [0.2, 0.25) is 0 Å². The number of hydrogen-bond acceptors (Lipinski definition) is 1. The average Bonchev–Trinajstić information content (AvgIpc) is 2.53. The molecule has 0 N–H and O–H groups in total. The summed E-state index contributed by atoms with van der Waals surface area (Å²) in [6.45, 7) is 18.0. The molecular weight excluding hydrogens is 184 g/mol. The van der Waals surface area contributed by atoms with E-state index in [2.05, 4.69) is 46.4 Å². The van der Waals surface area contributed by atoms with Crippen molar-refractivity contribution in [2.24, 2.45) is 0 Å². The Morgan fingerprint density at radius 1 is 1.20 bits per heavy atom. The average molecular weight is 213 g/mol. The number of quaternary nitrogens is 1. The molecule has 0 aliphatic carbocycles. The standard InChI is InChI=1S/C13H29N2/c1-7-11(4)14-10-15(8-2,9-3)13(6)12(14)5/h11-13H,7-10H2,1-6H3/q+1. The van der Waals surface area contributed by atoms with Crippen LogP contribution in [0.1, 0.15) is 48.0 Å². The lowest BCUT2D eigenvalue weighted by Gasteiger charge is -2.36. The summed E-state index contributed by atoms with van der Waals surface area (Å²) < 4.78 is 1.28. The molecule has 15 heavy (non-hydrogen) atoms. The molecule has 1 saturated heterocycles. The summed E-state index contributed by atoms with van der Waals surface area (Å²) in [5, 5.41) is 0. The van der Waals surface area contributed by atoms with Crippen LogP contribution in [0.3, 0.4) is 0 Å². The summed E-state index contributed by atoms with van der Waals surface area (Å²) in [6, 6.07) is 2.26. The Hall–Kier alpha value is -0.0800. The van der Waals surface area contributed by atoms with Crippen LogP contribution < -0.4 is 0 Å². The smallest absolute Gasteiger partial charge is 0.135 e. The minimum atomic E-state index is 0.736. The van der Waals surface area contributed by atoms with Crippen LogP contribution in [-0.2, 0) is 0 Å². The van der Waals surface area contributed by atoms with Crippen molar-refractivity contribution >= 4 is 0 Å². The van der Waals surface area contributed by atoms with Gasteiger partial charge >= 0.3 is 0 Å². The second kappa shape index (κ2) is 4.84. The number of hydrogen-bond donors (Lipinski definition) is 0. The van der Waals surface area contributed by atoms with E-state index in [-0.39, 0.29) is 0 Å². The molecule has 0 spiro atoms. The highest BCUT2D eigenvalue weighted by Gasteiger charge is 2.46. The maximum atomic E-state index is 2.71. The van der Waals surface area contributed by atoms with E-state index in [0.717, 1.165) is 18.1 Å². The highest BCUT2D eigenvalue weighted by atomic mass is 15.5. The fourth-order valence-electron chi connectivity index (χ4n) is 3.09. The zero-order chi connectivity index (χ0) is 11.6. The maximum Gasteiger partial charge on any atom is 0.135 e. The van der Waals surface area contributed by atoms with Crippen molar-refractivity contribution in [2.75, 3.05) is 19.8 Å². The van der Waals surface area contributed by atoms with Crippen LogP contribution in [0.4, 0.5) is 0 Å². The van der Waals surface area contributed by atoms with Gasteiger partial charge in [0, 0.05) is 6.04 Å². The quantitative estimate of drug-likeness (QED) is 0.649. The summed E-state index contributed by atoms with van der Waals surface area (Å²) in [4.78, 5) is 2.71. The van der Waals surface area contributed by atoms with Crippen molar-refractivity contribution in [3.63, 3.8) is 0 Å². The van der Waals surface area contributed by atoms with Gasteiger partial charge in [0.15, 0.2) is 0 Å². The van der Waals surface area contributed by atoms with Gasteiger partial charge in [-0.2, -0.15) is 0 Å². The second-order valence-corrected chi connectivity index (χ2v) is 5.25. The third-order valence-electron chi connectivity index (χ3n) is 4.95. The molecule has 0 aromatic rings. The van der Waals surface area contributed by atoms with Crippen LogP contribution in [0.2, 0.25) is 0 Å². The summed E-state index contributed by atoms with van der Waals surface area (Å²) in [7, 11) is 0. The predicted molar refractivity (Wildman–Crippen MR) is 66.7 cm³/mol. The Labute approximate surface area is 95.8 Å². The molecule has 1 heterocycles. The Morgan fingerprint density at radius 2 is 1.73 bits per heavy atom. The molecule has 2 nitrogen and oxygen atoms in total. The van der Waals surface area contributed by atoms with Crippen molar-refractivity contribution in [1.82, 2.24) is 4.90 Å². The second-order valence-electron chi connectivity index (χ2n) is 5.25. The van der Waals surface area contributed by atoms with Gasteiger partial charge in [-0.25, -0.2) is 4.90 Å². The van der Waals surface area contributed by atoms with E-state index in [1.165, 1.54) is 30.7 Å². The first kappa shape index (κ1) is 13.0. The maximum absolute atomic E-state index is 2.71. The fraction of sp³-hybridized carbons (Fsp3) is 1.00. The molecule has 1 aliphatic heterocycles. The first-order chi connectivity index (χ1) is 7.02. The summed E-state index contributed by atoms with van der Waals surface area (Å²) in [6.07, 6.45) is 1.27. The van der Waals surface area contributed by atoms with E-state index in [1.54, 1.807) is 0 Å². The normalized spacial score (nSPS) is 33.2. The van der Waals surface area contributed by atoms with Crippen LogP contribution in [-0.4, -0.2) is 47.3 Å². The Morgan fingerprint density at radius 3 is 2.07 bits per heavy atom. The third-order valence-corrected chi connectivity index (χ3v) is 4.95. The molecule has 1 fully saturated rings. The molecule has 0 bridgehead atoms. The first-order valence-corrected chi connectivity index (χ1v) is 6.63. The minimum absolute atomic E-state index is 0.736. The van der Waals surface area contributed by atoms with Gasteiger partial charge in [-0.05, 0) is 41.0 Å². The van der Waals surface area contributed by atoms with Crippen LogP contribution in [0.5, 0.6) is 0 Å². The molecule has 1 rings (SSSR count). The van der Waals surface area contributed by atoms with Gasteiger partial charge in [0.25, 0.3) is 0 Å². The SMILES string of the molecule is CCC(C)N1C[N+](CC)(CC)C(C)C1C. The van der Waals surface area contributed by atoms with Crippen LogP contribution >= 0.6 is 0 Å². The number of likely N-dealkylation sites (N-methyl/N-ethyl adjacent to an activating group) is 1. The van der Waals surface area contributed by atoms with Crippen molar-refractivity contribution in [1.29, 1.82) is 0 Å². The van der Waals surface area contributed by atoms with E-state index < -0.39 is 0 Å². The van der Waals surface area contributed by atoms with Crippen LogP contribution in [0, 0.1) is 0 Å². The van der Waals surface area contributed by atoms with Gasteiger partial charge in [0.05, 0.1) is 19.1 Å². The molecular formula is C13H29N2+. The molecule has 0 amide bonds. The van der Waals surface area contributed by atoms with Gasteiger partial charge in [-0.15, -0.1) is 0 Å². The Bertz CT molecular complexity index is 199. The lowest BCUT2D eigenvalue weighted by molar-refractivity contribution is -0.938.